The van der Waals surface area contributed by atoms with Gasteiger partial charge in [0, 0.05) is 10.5 Å². The molecule has 2 aromatic rings. The van der Waals surface area contributed by atoms with Crippen LogP contribution in [0.25, 0.3) is 11.1 Å². The van der Waals surface area contributed by atoms with E-state index in [0.717, 1.165) is 33.8 Å². The van der Waals surface area contributed by atoms with Gasteiger partial charge >= 0.3 is 0 Å². The summed E-state index contributed by atoms with van der Waals surface area (Å²) in [4.78, 5) is 4.68. The highest BCUT2D eigenvalue weighted by atomic mass is 79.9. The zero-order chi connectivity index (χ0) is 13.5. The fourth-order valence-corrected chi connectivity index (χ4v) is 4.11. The third-order valence-electron chi connectivity index (χ3n) is 4.81. The second kappa shape index (κ2) is 5.15. The van der Waals surface area contributed by atoms with Crippen molar-refractivity contribution in [2.45, 2.75) is 50.6 Å². The first kappa shape index (κ1) is 12.8. The molecule has 0 bridgehead atoms. The molecule has 3 unspecified atom stereocenters. The fraction of sp³-hybridized carbons (Fsp3) is 0.562. The van der Waals surface area contributed by atoms with Gasteiger partial charge in [-0.3, -0.25) is 0 Å². The minimum atomic E-state index is 0.292. The van der Waals surface area contributed by atoms with Crippen LogP contribution in [0.15, 0.2) is 27.1 Å². The summed E-state index contributed by atoms with van der Waals surface area (Å²) < 4.78 is 7.00. The van der Waals surface area contributed by atoms with Crippen LogP contribution in [0.1, 0.15) is 50.5 Å². The van der Waals surface area contributed by atoms with E-state index in [1.807, 2.05) is 18.2 Å². The Morgan fingerprint density at radius 1 is 1.15 bits per heavy atom. The first-order valence-electron chi connectivity index (χ1n) is 7.61. The van der Waals surface area contributed by atoms with Gasteiger partial charge < -0.3 is 9.73 Å². The number of fused-ring (bicyclic) bond motifs is 2. The molecule has 1 aliphatic heterocycles. The first-order chi connectivity index (χ1) is 9.79. The third kappa shape index (κ3) is 2.29. The third-order valence-corrected chi connectivity index (χ3v) is 5.31. The lowest BCUT2D eigenvalue weighted by molar-refractivity contribution is 0.164. The number of nitrogens with one attached hydrogen (secondary N) is 1. The van der Waals surface area contributed by atoms with Crippen LogP contribution in [-0.4, -0.2) is 11.0 Å². The van der Waals surface area contributed by atoms with Gasteiger partial charge in [-0.05, 0) is 49.8 Å². The van der Waals surface area contributed by atoms with Crippen molar-refractivity contribution in [3.05, 3.63) is 28.6 Å². The molecule has 1 saturated heterocycles. The van der Waals surface area contributed by atoms with Crippen molar-refractivity contribution >= 4 is 27.0 Å². The molecule has 4 rings (SSSR count). The zero-order valence-corrected chi connectivity index (χ0v) is 13.0. The lowest BCUT2D eigenvalue weighted by atomic mass is 9.78. The monoisotopic (exact) mass is 334 g/mol. The lowest BCUT2D eigenvalue weighted by Gasteiger charge is -2.39. The second-order valence-electron chi connectivity index (χ2n) is 6.11. The van der Waals surface area contributed by atoms with Crippen molar-refractivity contribution in [1.29, 1.82) is 0 Å². The molecule has 4 heteroatoms. The molecule has 20 heavy (non-hydrogen) atoms. The van der Waals surface area contributed by atoms with Crippen LogP contribution < -0.4 is 5.32 Å². The molecular weight excluding hydrogens is 316 g/mol. The van der Waals surface area contributed by atoms with Gasteiger partial charge in [-0.2, -0.15) is 0 Å². The molecule has 1 aromatic carbocycles. The van der Waals surface area contributed by atoms with Crippen molar-refractivity contribution in [3.8, 4) is 0 Å². The van der Waals surface area contributed by atoms with Crippen molar-refractivity contribution in [2.24, 2.45) is 5.92 Å². The zero-order valence-electron chi connectivity index (χ0n) is 11.4. The molecule has 2 heterocycles. The number of halogens is 1. The van der Waals surface area contributed by atoms with E-state index in [2.05, 4.69) is 26.2 Å². The smallest absolute Gasteiger partial charge is 0.212 e. The first-order valence-corrected chi connectivity index (χ1v) is 8.41. The SMILES string of the molecule is Brc1ccc2oc(C3CCC4CCCCC4N3)nc2c1. The summed E-state index contributed by atoms with van der Waals surface area (Å²) >= 11 is 3.49. The van der Waals surface area contributed by atoms with Crippen LogP contribution in [0.5, 0.6) is 0 Å². The number of aromatic nitrogens is 1. The minimum Gasteiger partial charge on any atom is -0.439 e. The summed E-state index contributed by atoms with van der Waals surface area (Å²) in [6, 6.07) is 6.98. The maximum atomic E-state index is 5.95. The molecule has 0 amide bonds. The van der Waals surface area contributed by atoms with Gasteiger partial charge in [0.25, 0.3) is 0 Å². The maximum absolute atomic E-state index is 5.95. The second-order valence-corrected chi connectivity index (χ2v) is 7.03. The Kier molecular flexibility index (Phi) is 3.31. The van der Waals surface area contributed by atoms with E-state index < -0.39 is 0 Å². The molecule has 3 atom stereocenters. The predicted octanol–water partition coefficient (Wildman–Crippen LogP) is 4.57. The number of nitrogens with zero attached hydrogens (tertiary/aromatic N) is 1. The average Bonchev–Trinajstić information content (AvgIpc) is 2.89. The highest BCUT2D eigenvalue weighted by molar-refractivity contribution is 9.10. The molecule has 0 radical (unpaired) electrons. The number of benzene rings is 1. The largest absolute Gasteiger partial charge is 0.439 e. The van der Waals surface area contributed by atoms with Gasteiger partial charge in [-0.25, -0.2) is 4.98 Å². The minimum absolute atomic E-state index is 0.292. The van der Waals surface area contributed by atoms with E-state index in [1.165, 1.54) is 32.1 Å². The Morgan fingerprint density at radius 2 is 2.05 bits per heavy atom. The molecule has 1 aliphatic carbocycles. The maximum Gasteiger partial charge on any atom is 0.212 e. The van der Waals surface area contributed by atoms with Crippen molar-refractivity contribution < 1.29 is 4.42 Å². The summed E-state index contributed by atoms with van der Waals surface area (Å²) in [5.74, 6) is 1.74. The van der Waals surface area contributed by atoms with Crippen molar-refractivity contribution in [3.63, 3.8) is 0 Å². The van der Waals surface area contributed by atoms with E-state index in [4.69, 9.17) is 4.42 Å². The number of rotatable bonds is 1. The number of hydrogen-bond donors (Lipinski definition) is 1. The Balaban J connectivity index is 1.59. The molecule has 2 fully saturated rings. The van der Waals surface area contributed by atoms with Gasteiger partial charge in [-0.1, -0.05) is 28.8 Å². The molecule has 2 aliphatic rings. The highest BCUT2D eigenvalue weighted by Gasteiger charge is 2.34. The number of hydrogen-bond acceptors (Lipinski definition) is 3. The highest BCUT2D eigenvalue weighted by Crippen LogP contribution is 2.37. The molecule has 3 nitrogen and oxygen atoms in total. The molecule has 1 aromatic heterocycles. The van der Waals surface area contributed by atoms with Crippen LogP contribution in [0.4, 0.5) is 0 Å². The van der Waals surface area contributed by atoms with E-state index in [1.54, 1.807) is 0 Å². The Bertz CT molecular complexity index is 624. The van der Waals surface area contributed by atoms with E-state index in [0.29, 0.717) is 12.1 Å². The molecular formula is C16H19BrN2O. The average molecular weight is 335 g/mol. The number of piperidine rings is 1. The van der Waals surface area contributed by atoms with Gasteiger partial charge in [0.15, 0.2) is 5.58 Å². The van der Waals surface area contributed by atoms with Crippen molar-refractivity contribution in [2.75, 3.05) is 0 Å². The fourth-order valence-electron chi connectivity index (χ4n) is 3.76. The van der Waals surface area contributed by atoms with Gasteiger partial charge in [0.05, 0.1) is 6.04 Å². The predicted molar refractivity (Wildman–Crippen MR) is 82.6 cm³/mol. The van der Waals surface area contributed by atoms with Gasteiger partial charge in [0.2, 0.25) is 5.89 Å². The van der Waals surface area contributed by atoms with Gasteiger partial charge in [0.1, 0.15) is 5.52 Å². The Morgan fingerprint density at radius 3 is 3.00 bits per heavy atom. The summed E-state index contributed by atoms with van der Waals surface area (Å²) in [7, 11) is 0. The summed E-state index contributed by atoms with van der Waals surface area (Å²) in [6.45, 7) is 0. The Labute approximate surface area is 127 Å². The lowest BCUT2D eigenvalue weighted by Crippen LogP contribution is -2.44. The quantitative estimate of drug-likeness (QED) is 0.829. The van der Waals surface area contributed by atoms with Gasteiger partial charge in [-0.15, -0.1) is 0 Å². The van der Waals surface area contributed by atoms with E-state index >= 15 is 0 Å². The summed E-state index contributed by atoms with van der Waals surface area (Å²) in [6.07, 6.45) is 7.93. The van der Waals surface area contributed by atoms with E-state index in [9.17, 15) is 0 Å². The topological polar surface area (TPSA) is 38.1 Å². The van der Waals surface area contributed by atoms with Crippen LogP contribution in [-0.2, 0) is 0 Å². The van der Waals surface area contributed by atoms with Crippen LogP contribution >= 0.6 is 15.9 Å². The normalized spacial score (nSPS) is 30.4. The number of oxazole rings is 1. The molecule has 1 saturated carbocycles. The molecule has 0 spiro atoms. The van der Waals surface area contributed by atoms with Crippen LogP contribution in [0.2, 0.25) is 0 Å². The summed E-state index contributed by atoms with van der Waals surface area (Å²) in [5.41, 5.74) is 1.83. The standard InChI is InChI=1S/C16H19BrN2O/c17-11-6-8-15-14(9-11)19-16(20-15)13-7-5-10-3-1-2-4-12(10)18-13/h6,8-10,12-13,18H,1-5,7H2. The van der Waals surface area contributed by atoms with Crippen LogP contribution in [0.3, 0.4) is 0 Å². The summed E-state index contributed by atoms with van der Waals surface area (Å²) in [5, 5.41) is 3.78. The van der Waals surface area contributed by atoms with E-state index in [-0.39, 0.29) is 0 Å². The Hall–Kier alpha value is -0.870. The van der Waals surface area contributed by atoms with Crippen LogP contribution in [0, 0.1) is 5.92 Å². The van der Waals surface area contributed by atoms with Crippen molar-refractivity contribution in [1.82, 2.24) is 10.3 Å². The molecule has 1 N–H and O–H groups in total. The molecule has 106 valence electrons.